The fourth-order valence-corrected chi connectivity index (χ4v) is 5.57. The van der Waals surface area contributed by atoms with Crippen LogP contribution in [0.4, 0.5) is 17.6 Å². The van der Waals surface area contributed by atoms with Crippen LogP contribution in [0.15, 0.2) is 36.4 Å². The molecule has 12 heteroatoms. The molecule has 1 saturated heterocycles. The highest BCUT2D eigenvalue weighted by molar-refractivity contribution is 6.31. The summed E-state index contributed by atoms with van der Waals surface area (Å²) in [5.41, 5.74) is 1.23. The lowest BCUT2D eigenvalue weighted by molar-refractivity contribution is -0.192. The predicted octanol–water partition coefficient (Wildman–Crippen LogP) is 4.91. The van der Waals surface area contributed by atoms with Crippen molar-refractivity contribution in [3.8, 4) is 11.5 Å². The molecule has 2 aromatic rings. The van der Waals surface area contributed by atoms with E-state index in [1.165, 1.54) is 17.7 Å². The zero-order valence-electron chi connectivity index (χ0n) is 21.1. The van der Waals surface area contributed by atoms with Crippen molar-refractivity contribution in [2.45, 2.75) is 36.9 Å². The van der Waals surface area contributed by atoms with Crippen LogP contribution in [0.3, 0.4) is 0 Å². The van der Waals surface area contributed by atoms with Gasteiger partial charge in [0.1, 0.15) is 0 Å². The van der Waals surface area contributed by atoms with Crippen LogP contribution in [0.1, 0.15) is 35.2 Å². The quantitative estimate of drug-likeness (QED) is 0.505. The number of likely N-dealkylation sites (tertiary alicyclic amines) is 1. The first-order valence-corrected chi connectivity index (χ1v) is 12.2. The summed E-state index contributed by atoms with van der Waals surface area (Å²) in [5, 5.41) is 10.1. The fraction of sp³-hybridized carbons (Fsp3) is 0.462. The molecule has 0 bridgehead atoms. The first-order chi connectivity index (χ1) is 17.8. The van der Waals surface area contributed by atoms with Gasteiger partial charge >= 0.3 is 12.1 Å². The van der Waals surface area contributed by atoms with Gasteiger partial charge in [-0.05, 0) is 62.1 Å². The van der Waals surface area contributed by atoms with E-state index in [-0.39, 0.29) is 22.0 Å². The zero-order chi connectivity index (χ0) is 28.3. The van der Waals surface area contributed by atoms with Gasteiger partial charge < -0.3 is 24.8 Å². The topological polar surface area (TPSA) is 88.1 Å². The Morgan fingerprint density at radius 3 is 2.42 bits per heavy atom. The smallest absolute Gasteiger partial charge is 0.490 e. The van der Waals surface area contributed by atoms with Gasteiger partial charge in [-0.15, -0.1) is 0 Å². The third-order valence-electron chi connectivity index (χ3n) is 7.11. The van der Waals surface area contributed by atoms with E-state index in [4.69, 9.17) is 31.0 Å². The number of aliphatic carboxylic acids is 1. The molecule has 2 aromatic carbocycles. The Balaban J connectivity index is 0.000000505. The Kier molecular flexibility index (Phi) is 9.14. The summed E-state index contributed by atoms with van der Waals surface area (Å²) in [5.74, 6) is -2.01. The van der Waals surface area contributed by atoms with Crippen molar-refractivity contribution in [1.29, 1.82) is 0 Å². The largest absolute Gasteiger partial charge is 0.493 e. The minimum absolute atomic E-state index is 0.00314. The molecule has 1 heterocycles. The Labute approximate surface area is 222 Å². The third kappa shape index (κ3) is 6.32. The number of benzene rings is 2. The van der Waals surface area contributed by atoms with Crippen LogP contribution < -0.4 is 14.8 Å². The van der Waals surface area contributed by atoms with Gasteiger partial charge in [-0.25, -0.2) is 9.18 Å². The number of alkyl halides is 3. The Morgan fingerprint density at radius 2 is 1.82 bits per heavy atom. The summed E-state index contributed by atoms with van der Waals surface area (Å²) in [4.78, 5) is 23.9. The minimum Gasteiger partial charge on any atom is -0.493 e. The lowest BCUT2D eigenvalue weighted by Gasteiger charge is -2.43. The monoisotopic (exact) mass is 560 g/mol. The number of nitrogens with zero attached hydrogens (tertiary/aromatic N) is 1. The molecule has 7 nitrogen and oxygen atoms in total. The standard InChI is InChI=1S/C24H28ClFN2O3.C2HF3O2/c1-28-13-16-11-17(27-23(29)18-5-4-6-19(25)22(18)26)9-10-24(16,14-28)15-7-8-20(30-2)21(12-15)31-3;3-2(4,5)1(6)7/h4-8,12,16-17H,9-11,13-14H2,1-3H3,(H,27,29);(H,6,7). The maximum absolute atomic E-state index is 14.3. The van der Waals surface area contributed by atoms with E-state index in [1.807, 2.05) is 6.07 Å². The molecule has 0 aromatic heterocycles. The molecule has 2 aliphatic rings. The Hall–Kier alpha value is -3.05. The van der Waals surface area contributed by atoms with Crippen LogP contribution in [0.25, 0.3) is 0 Å². The second-order valence-corrected chi connectivity index (χ2v) is 9.88. The van der Waals surface area contributed by atoms with Crippen molar-refractivity contribution in [1.82, 2.24) is 10.2 Å². The number of methoxy groups -OCH3 is 2. The lowest BCUT2D eigenvalue weighted by atomic mass is 9.63. The highest BCUT2D eigenvalue weighted by Gasteiger charge is 2.50. The number of carbonyl (C=O) groups is 2. The number of fused-ring (bicyclic) bond motifs is 1. The van der Waals surface area contributed by atoms with Crippen LogP contribution in [0, 0.1) is 11.7 Å². The van der Waals surface area contributed by atoms with Gasteiger partial charge in [-0.1, -0.05) is 23.7 Å². The number of rotatable bonds is 5. The number of amides is 1. The van der Waals surface area contributed by atoms with Crippen LogP contribution in [-0.4, -0.2) is 68.5 Å². The highest BCUT2D eigenvalue weighted by atomic mass is 35.5. The van der Waals surface area contributed by atoms with Crippen molar-refractivity contribution in [3.63, 3.8) is 0 Å². The number of halogens is 5. The summed E-state index contributed by atoms with van der Waals surface area (Å²) < 4.78 is 57.0. The summed E-state index contributed by atoms with van der Waals surface area (Å²) in [7, 11) is 5.42. The average molecular weight is 561 g/mol. The number of likely N-dealkylation sites (N-methyl/N-ethyl adjacent to an activating group) is 1. The highest BCUT2D eigenvalue weighted by Crippen LogP contribution is 2.49. The van der Waals surface area contributed by atoms with Crippen molar-refractivity contribution < 1.29 is 41.7 Å². The van der Waals surface area contributed by atoms with E-state index in [1.54, 1.807) is 20.3 Å². The van der Waals surface area contributed by atoms with Crippen LogP contribution >= 0.6 is 11.6 Å². The molecule has 1 aliphatic carbocycles. The molecule has 0 spiro atoms. The molecule has 2 N–H and O–H groups in total. The molecule has 3 atom stereocenters. The molecule has 38 heavy (non-hydrogen) atoms. The Morgan fingerprint density at radius 1 is 1.16 bits per heavy atom. The molecule has 2 fully saturated rings. The van der Waals surface area contributed by atoms with Crippen molar-refractivity contribution >= 4 is 23.5 Å². The number of ether oxygens (including phenoxy) is 2. The van der Waals surface area contributed by atoms with Crippen molar-refractivity contribution in [2.24, 2.45) is 5.92 Å². The zero-order valence-corrected chi connectivity index (χ0v) is 21.8. The molecule has 1 saturated carbocycles. The van der Waals surface area contributed by atoms with Crippen LogP contribution in [-0.2, 0) is 10.2 Å². The van der Waals surface area contributed by atoms with Crippen molar-refractivity contribution in [2.75, 3.05) is 34.4 Å². The maximum atomic E-state index is 14.3. The predicted molar refractivity (Wildman–Crippen MR) is 132 cm³/mol. The molecule has 1 aliphatic heterocycles. The molecule has 4 rings (SSSR count). The lowest BCUT2D eigenvalue weighted by Crippen LogP contribution is -2.47. The van der Waals surface area contributed by atoms with Crippen LogP contribution in [0.5, 0.6) is 11.5 Å². The number of carboxylic acids is 1. The second-order valence-electron chi connectivity index (χ2n) is 9.47. The van der Waals surface area contributed by atoms with Gasteiger partial charge in [0.15, 0.2) is 17.3 Å². The summed E-state index contributed by atoms with van der Waals surface area (Å²) in [6, 6.07) is 10.7. The van der Waals surface area contributed by atoms with Gasteiger partial charge in [0.05, 0.1) is 24.8 Å². The summed E-state index contributed by atoms with van der Waals surface area (Å²) in [6.07, 6.45) is -2.49. The van der Waals surface area contributed by atoms with Crippen molar-refractivity contribution in [3.05, 3.63) is 58.4 Å². The van der Waals surface area contributed by atoms with Gasteiger partial charge in [0.2, 0.25) is 0 Å². The fourth-order valence-electron chi connectivity index (χ4n) is 5.39. The molecule has 3 unspecified atom stereocenters. The molecular formula is C26H29ClF4N2O5. The summed E-state index contributed by atoms with van der Waals surface area (Å²) >= 11 is 5.84. The number of hydrogen-bond donors (Lipinski definition) is 2. The average Bonchev–Trinajstić information content (AvgIpc) is 3.21. The van der Waals surface area contributed by atoms with Gasteiger partial charge in [0, 0.05) is 24.5 Å². The molecular weight excluding hydrogens is 532 g/mol. The molecule has 1 amide bonds. The van der Waals surface area contributed by atoms with E-state index in [0.29, 0.717) is 5.92 Å². The number of carboxylic acid groups (broad SMARTS) is 1. The SMILES string of the molecule is COc1ccc(C23CCC(NC(=O)c4cccc(Cl)c4F)CC2CN(C)C3)cc1OC.O=C(O)C(F)(F)F. The van der Waals surface area contributed by atoms with Gasteiger partial charge in [0.25, 0.3) is 5.91 Å². The molecule has 0 radical (unpaired) electrons. The Bertz CT molecular complexity index is 1180. The van der Waals surface area contributed by atoms with E-state index < -0.39 is 23.9 Å². The third-order valence-corrected chi connectivity index (χ3v) is 7.40. The van der Waals surface area contributed by atoms with Gasteiger partial charge in [-0.3, -0.25) is 4.79 Å². The first-order valence-electron chi connectivity index (χ1n) is 11.8. The number of nitrogens with one attached hydrogen (secondary N) is 1. The maximum Gasteiger partial charge on any atom is 0.490 e. The van der Waals surface area contributed by atoms with E-state index in [9.17, 15) is 22.4 Å². The van der Waals surface area contributed by atoms with E-state index in [0.717, 1.165) is 43.9 Å². The van der Waals surface area contributed by atoms with Gasteiger partial charge in [-0.2, -0.15) is 13.2 Å². The molecule has 208 valence electrons. The summed E-state index contributed by atoms with van der Waals surface area (Å²) in [6.45, 7) is 1.91. The van der Waals surface area contributed by atoms with E-state index in [2.05, 4.69) is 29.4 Å². The second kappa shape index (κ2) is 11.8. The minimum atomic E-state index is -5.08. The first kappa shape index (κ1) is 29.5. The number of hydrogen-bond acceptors (Lipinski definition) is 5. The van der Waals surface area contributed by atoms with Crippen LogP contribution in [0.2, 0.25) is 5.02 Å². The number of carbonyl (C=O) groups excluding carboxylic acids is 1. The van der Waals surface area contributed by atoms with E-state index >= 15 is 0 Å². The normalized spacial score (nSPS) is 23.1.